The van der Waals surface area contributed by atoms with Gasteiger partial charge in [-0.15, -0.1) is 0 Å². The van der Waals surface area contributed by atoms with Gasteiger partial charge in [-0.05, 0) is 46.8 Å². The van der Waals surface area contributed by atoms with Crippen molar-refractivity contribution in [3.63, 3.8) is 0 Å². The van der Waals surface area contributed by atoms with Crippen LogP contribution in [0.1, 0.15) is 24.2 Å². The molecule has 0 unspecified atom stereocenters. The van der Waals surface area contributed by atoms with Crippen molar-refractivity contribution < 1.29 is 0 Å². The molecule has 18 heavy (non-hydrogen) atoms. The molecule has 0 atom stereocenters. The molecule has 0 radical (unpaired) electrons. The summed E-state index contributed by atoms with van der Waals surface area (Å²) in [6.07, 6.45) is 2.35. The Bertz CT molecular complexity index is 427. The molecule has 0 aliphatic carbocycles. The van der Waals surface area contributed by atoms with E-state index < -0.39 is 0 Å². The maximum atomic E-state index is 6.14. The van der Waals surface area contributed by atoms with Crippen LogP contribution in [0.5, 0.6) is 0 Å². The highest BCUT2D eigenvalue weighted by atomic mass is 35.5. The van der Waals surface area contributed by atoms with E-state index in [1.807, 2.05) is 13.8 Å². The Hall–Kier alpha value is -0.870. The van der Waals surface area contributed by atoms with Crippen molar-refractivity contribution in [2.24, 2.45) is 0 Å². The quantitative estimate of drug-likeness (QED) is 0.771. The SMILES string of the molecule is Cc1nc(Cl)c(C)c(N(C)C2CCN(C)CC2)n1. The van der Waals surface area contributed by atoms with Crippen LogP contribution in [-0.4, -0.2) is 48.1 Å². The third kappa shape index (κ3) is 2.75. The maximum Gasteiger partial charge on any atom is 0.137 e. The average molecular weight is 269 g/mol. The molecular formula is C13H21ClN4. The molecule has 2 heterocycles. The molecule has 0 N–H and O–H groups in total. The fraction of sp³-hybridized carbons (Fsp3) is 0.692. The summed E-state index contributed by atoms with van der Waals surface area (Å²) < 4.78 is 0. The first-order chi connectivity index (χ1) is 8.49. The van der Waals surface area contributed by atoms with Crippen molar-refractivity contribution in [3.05, 3.63) is 16.5 Å². The van der Waals surface area contributed by atoms with E-state index >= 15 is 0 Å². The number of anilines is 1. The minimum Gasteiger partial charge on any atom is -0.356 e. The van der Waals surface area contributed by atoms with Crippen LogP contribution in [0.3, 0.4) is 0 Å². The lowest BCUT2D eigenvalue weighted by molar-refractivity contribution is 0.252. The highest BCUT2D eigenvalue weighted by Gasteiger charge is 2.23. The summed E-state index contributed by atoms with van der Waals surface area (Å²) in [5, 5.41) is 0.567. The zero-order chi connectivity index (χ0) is 13.3. The lowest BCUT2D eigenvalue weighted by atomic mass is 10.0. The monoisotopic (exact) mass is 268 g/mol. The molecule has 4 nitrogen and oxygen atoms in total. The molecule has 5 heteroatoms. The van der Waals surface area contributed by atoms with E-state index in [9.17, 15) is 0 Å². The molecular weight excluding hydrogens is 248 g/mol. The number of piperidine rings is 1. The van der Waals surface area contributed by atoms with Gasteiger partial charge in [0.1, 0.15) is 16.8 Å². The maximum absolute atomic E-state index is 6.14. The lowest BCUT2D eigenvalue weighted by Crippen LogP contribution is -2.42. The number of hydrogen-bond donors (Lipinski definition) is 0. The molecule has 0 aromatic carbocycles. The molecule has 2 rings (SSSR count). The molecule has 0 amide bonds. The molecule has 0 spiro atoms. The van der Waals surface area contributed by atoms with Gasteiger partial charge in [0.15, 0.2) is 0 Å². The average Bonchev–Trinajstić information content (AvgIpc) is 2.34. The fourth-order valence-corrected chi connectivity index (χ4v) is 2.69. The van der Waals surface area contributed by atoms with Gasteiger partial charge in [0.25, 0.3) is 0 Å². The Morgan fingerprint density at radius 1 is 1.22 bits per heavy atom. The van der Waals surface area contributed by atoms with Gasteiger partial charge in [0, 0.05) is 18.7 Å². The number of aryl methyl sites for hydroxylation is 1. The van der Waals surface area contributed by atoms with Crippen LogP contribution < -0.4 is 4.90 Å². The summed E-state index contributed by atoms with van der Waals surface area (Å²) >= 11 is 6.14. The molecule has 1 aliphatic rings. The van der Waals surface area contributed by atoms with Gasteiger partial charge in [-0.2, -0.15) is 0 Å². The van der Waals surface area contributed by atoms with E-state index in [0.717, 1.165) is 30.3 Å². The van der Waals surface area contributed by atoms with E-state index in [2.05, 4.69) is 33.9 Å². The van der Waals surface area contributed by atoms with Crippen molar-refractivity contribution in [1.82, 2.24) is 14.9 Å². The fourth-order valence-electron chi connectivity index (χ4n) is 2.48. The van der Waals surface area contributed by atoms with Gasteiger partial charge in [-0.25, -0.2) is 9.97 Å². The van der Waals surface area contributed by atoms with Gasteiger partial charge >= 0.3 is 0 Å². The second-order valence-corrected chi connectivity index (χ2v) is 5.51. The minimum absolute atomic E-state index is 0.547. The van der Waals surface area contributed by atoms with Crippen LogP contribution in [0.15, 0.2) is 0 Å². The second-order valence-electron chi connectivity index (χ2n) is 5.16. The summed E-state index contributed by atoms with van der Waals surface area (Å²) in [6, 6.07) is 0.547. The number of rotatable bonds is 2. The summed E-state index contributed by atoms with van der Waals surface area (Å²) in [7, 11) is 4.29. The zero-order valence-electron chi connectivity index (χ0n) is 11.6. The van der Waals surface area contributed by atoms with Crippen molar-refractivity contribution in [2.45, 2.75) is 32.7 Å². The first kappa shape index (κ1) is 13.6. The molecule has 100 valence electrons. The normalized spacial score (nSPS) is 18.1. The van der Waals surface area contributed by atoms with E-state index in [1.165, 1.54) is 12.8 Å². The molecule has 0 bridgehead atoms. The Labute approximate surface area is 114 Å². The van der Waals surface area contributed by atoms with E-state index in [4.69, 9.17) is 11.6 Å². The minimum atomic E-state index is 0.547. The van der Waals surface area contributed by atoms with E-state index in [-0.39, 0.29) is 0 Å². The topological polar surface area (TPSA) is 32.3 Å². The van der Waals surface area contributed by atoms with Crippen LogP contribution in [0, 0.1) is 13.8 Å². The van der Waals surface area contributed by atoms with Crippen LogP contribution in [0.25, 0.3) is 0 Å². The molecule has 0 saturated carbocycles. The van der Waals surface area contributed by atoms with Crippen molar-refractivity contribution >= 4 is 17.4 Å². The number of likely N-dealkylation sites (tertiary alicyclic amines) is 1. The number of hydrogen-bond acceptors (Lipinski definition) is 4. The third-order valence-corrected chi connectivity index (χ3v) is 4.11. The smallest absolute Gasteiger partial charge is 0.137 e. The molecule has 1 aromatic heterocycles. The van der Waals surface area contributed by atoms with Crippen LogP contribution >= 0.6 is 11.6 Å². The van der Waals surface area contributed by atoms with Gasteiger partial charge < -0.3 is 9.80 Å². The van der Waals surface area contributed by atoms with Gasteiger partial charge in [0.2, 0.25) is 0 Å². The summed E-state index contributed by atoms with van der Waals surface area (Å²) in [5.74, 6) is 1.71. The predicted octanol–water partition coefficient (Wildman–Crippen LogP) is 2.28. The van der Waals surface area contributed by atoms with Gasteiger partial charge in [-0.1, -0.05) is 11.6 Å². The molecule has 1 aliphatic heterocycles. The standard InChI is InChI=1S/C13H21ClN4/c1-9-12(14)15-10(2)16-13(9)18(4)11-5-7-17(3)8-6-11/h11H,5-8H2,1-4H3. The highest BCUT2D eigenvalue weighted by molar-refractivity contribution is 6.30. The van der Waals surface area contributed by atoms with Crippen molar-refractivity contribution in [1.29, 1.82) is 0 Å². The largest absolute Gasteiger partial charge is 0.356 e. The second kappa shape index (κ2) is 5.41. The summed E-state index contributed by atoms with van der Waals surface area (Å²) in [6.45, 7) is 6.16. The molecule has 1 saturated heterocycles. The predicted molar refractivity (Wildman–Crippen MR) is 75.4 cm³/mol. The van der Waals surface area contributed by atoms with Gasteiger partial charge in [-0.3, -0.25) is 0 Å². The molecule has 1 aromatic rings. The summed E-state index contributed by atoms with van der Waals surface area (Å²) in [5.41, 5.74) is 0.976. The van der Waals surface area contributed by atoms with E-state index in [1.54, 1.807) is 0 Å². The number of aromatic nitrogens is 2. The summed E-state index contributed by atoms with van der Waals surface area (Å²) in [4.78, 5) is 13.4. The van der Waals surface area contributed by atoms with Crippen LogP contribution in [-0.2, 0) is 0 Å². The molecule has 1 fully saturated rings. The van der Waals surface area contributed by atoms with Crippen molar-refractivity contribution in [2.75, 3.05) is 32.1 Å². The number of halogens is 1. The van der Waals surface area contributed by atoms with Crippen molar-refractivity contribution in [3.8, 4) is 0 Å². The highest BCUT2D eigenvalue weighted by Crippen LogP contribution is 2.26. The first-order valence-corrected chi connectivity index (χ1v) is 6.79. The van der Waals surface area contributed by atoms with Gasteiger partial charge in [0.05, 0.1) is 0 Å². The van der Waals surface area contributed by atoms with Crippen LogP contribution in [0.2, 0.25) is 5.15 Å². The lowest BCUT2D eigenvalue weighted by Gasteiger charge is -2.36. The Balaban J connectivity index is 2.20. The Kier molecular flexibility index (Phi) is 4.07. The zero-order valence-corrected chi connectivity index (χ0v) is 12.3. The number of nitrogens with zero attached hydrogens (tertiary/aromatic N) is 4. The Morgan fingerprint density at radius 2 is 1.83 bits per heavy atom. The van der Waals surface area contributed by atoms with E-state index in [0.29, 0.717) is 11.2 Å². The third-order valence-electron chi connectivity index (χ3n) is 3.74. The van der Waals surface area contributed by atoms with Crippen LogP contribution in [0.4, 0.5) is 5.82 Å². The Morgan fingerprint density at radius 3 is 2.44 bits per heavy atom. The first-order valence-electron chi connectivity index (χ1n) is 6.41.